The number of hydrazine groups is 1. The van der Waals surface area contributed by atoms with Crippen LogP contribution in [-0.2, 0) is 11.3 Å². The van der Waals surface area contributed by atoms with Gasteiger partial charge in [-0.1, -0.05) is 31.2 Å². The average molecular weight is 410 g/mol. The summed E-state index contributed by atoms with van der Waals surface area (Å²) in [6.07, 6.45) is 2.72. The third-order valence-electron chi connectivity index (χ3n) is 4.11. The Bertz CT molecular complexity index is 1030. The van der Waals surface area contributed by atoms with Gasteiger partial charge in [-0.25, -0.2) is 0 Å². The number of nitrogens with one attached hydrogen (secondary N) is 3. The second-order valence-corrected chi connectivity index (χ2v) is 6.74. The minimum Gasteiger partial charge on any atom is -0.494 e. The Morgan fingerprint density at radius 2 is 1.90 bits per heavy atom. The number of para-hydroxylation sites is 1. The fraction of sp³-hybridized carbons (Fsp3) is 0.190. The Kier molecular flexibility index (Phi) is 6.80. The van der Waals surface area contributed by atoms with E-state index in [-0.39, 0.29) is 17.6 Å². The zero-order valence-corrected chi connectivity index (χ0v) is 16.8. The first kappa shape index (κ1) is 20.3. The predicted molar refractivity (Wildman–Crippen MR) is 116 cm³/mol. The smallest absolute Gasteiger partial charge is 0.258 e. The summed E-state index contributed by atoms with van der Waals surface area (Å²) in [5.41, 5.74) is 6.41. The van der Waals surface area contributed by atoms with Gasteiger partial charge < -0.3 is 9.30 Å². The van der Waals surface area contributed by atoms with Crippen LogP contribution in [0, 0.1) is 0 Å². The van der Waals surface area contributed by atoms with Crippen LogP contribution in [0.25, 0.3) is 10.9 Å². The van der Waals surface area contributed by atoms with E-state index in [0.29, 0.717) is 17.9 Å². The molecule has 0 aliphatic heterocycles. The Labute approximate surface area is 174 Å². The first-order valence-corrected chi connectivity index (χ1v) is 9.64. The van der Waals surface area contributed by atoms with Crippen molar-refractivity contribution in [3.63, 3.8) is 0 Å². The van der Waals surface area contributed by atoms with E-state index in [1.807, 2.05) is 48.0 Å². The van der Waals surface area contributed by atoms with Crippen LogP contribution in [0.1, 0.15) is 23.7 Å². The van der Waals surface area contributed by atoms with Crippen molar-refractivity contribution in [3.05, 3.63) is 66.4 Å². The molecule has 0 saturated carbocycles. The molecule has 3 aromatic rings. The van der Waals surface area contributed by atoms with Gasteiger partial charge in [0.2, 0.25) is 0 Å². The summed E-state index contributed by atoms with van der Waals surface area (Å²) in [5.74, 6) is -0.0707. The number of thiocarbonyl (C=S) groups is 1. The number of benzene rings is 2. The first-order valence-electron chi connectivity index (χ1n) is 9.23. The molecule has 0 aliphatic carbocycles. The molecule has 29 heavy (non-hydrogen) atoms. The van der Waals surface area contributed by atoms with E-state index in [4.69, 9.17) is 17.0 Å². The zero-order valence-electron chi connectivity index (χ0n) is 16.0. The fourth-order valence-electron chi connectivity index (χ4n) is 2.75. The van der Waals surface area contributed by atoms with Gasteiger partial charge in [0.05, 0.1) is 6.61 Å². The van der Waals surface area contributed by atoms with Crippen LogP contribution < -0.4 is 20.9 Å². The molecule has 150 valence electrons. The highest BCUT2D eigenvalue weighted by molar-refractivity contribution is 7.80. The highest BCUT2D eigenvalue weighted by Crippen LogP contribution is 2.15. The first-order chi connectivity index (χ1) is 14.1. The van der Waals surface area contributed by atoms with Crippen molar-refractivity contribution in [2.75, 3.05) is 6.61 Å². The SMILES string of the molecule is CCCOc1cccc(C(=O)NC(=S)NNC(=O)Cn2ccc3ccccc32)c1. The lowest BCUT2D eigenvalue weighted by molar-refractivity contribution is -0.122. The molecular formula is C21H22N4O3S. The Balaban J connectivity index is 1.49. The topological polar surface area (TPSA) is 84.4 Å². The number of amides is 2. The van der Waals surface area contributed by atoms with Gasteiger partial charge in [-0.15, -0.1) is 0 Å². The van der Waals surface area contributed by atoms with E-state index in [2.05, 4.69) is 16.2 Å². The van der Waals surface area contributed by atoms with Crippen LogP contribution in [0.15, 0.2) is 60.8 Å². The van der Waals surface area contributed by atoms with Crippen LogP contribution >= 0.6 is 12.2 Å². The minimum atomic E-state index is -0.393. The molecule has 3 rings (SSSR count). The van der Waals surface area contributed by atoms with Crippen molar-refractivity contribution < 1.29 is 14.3 Å². The average Bonchev–Trinajstić information content (AvgIpc) is 3.14. The maximum atomic E-state index is 12.3. The monoisotopic (exact) mass is 410 g/mol. The summed E-state index contributed by atoms with van der Waals surface area (Å²) < 4.78 is 7.35. The molecule has 7 nitrogen and oxygen atoms in total. The quantitative estimate of drug-likeness (QED) is 0.430. The van der Waals surface area contributed by atoms with Gasteiger partial charge in [0.1, 0.15) is 12.3 Å². The highest BCUT2D eigenvalue weighted by atomic mass is 32.1. The van der Waals surface area contributed by atoms with Crippen LogP contribution in [0.2, 0.25) is 0 Å². The van der Waals surface area contributed by atoms with Crippen LogP contribution in [0.3, 0.4) is 0 Å². The maximum absolute atomic E-state index is 12.3. The number of ether oxygens (including phenoxy) is 1. The summed E-state index contributed by atoms with van der Waals surface area (Å²) in [6, 6.07) is 16.6. The number of carbonyl (C=O) groups is 2. The third kappa shape index (κ3) is 5.55. The van der Waals surface area contributed by atoms with Crippen molar-refractivity contribution in [1.29, 1.82) is 0 Å². The van der Waals surface area contributed by atoms with E-state index in [0.717, 1.165) is 17.3 Å². The summed E-state index contributed by atoms with van der Waals surface area (Å²) in [7, 11) is 0. The summed E-state index contributed by atoms with van der Waals surface area (Å²) in [6.45, 7) is 2.70. The molecule has 2 aromatic carbocycles. The maximum Gasteiger partial charge on any atom is 0.258 e. The molecule has 1 aromatic heterocycles. The van der Waals surface area contributed by atoms with Crippen LogP contribution in [0.5, 0.6) is 5.75 Å². The van der Waals surface area contributed by atoms with Gasteiger partial charge in [0.25, 0.3) is 11.8 Å². The van der Waals surface area contributed by atoms with Crippen molar-refractivity contribution in [2.45, 2.75) is 19.9 Å². The lowest BCUT2D eigenvalue weighted by Crippen LogP contribution is -2.49. The summed E-state index contributed by atoms with van der Waals surface area (Å²) in [4.78, 5) is 24.5. The van der Waals surface area contributed by atoms with Gasteiger partial charge in [-0.2, -0.15) is 0 Å². The molecule has 0 spiro atoms. The molecule has 1 heterocycles. The number of aromatic nitrogens is 1. The van der Waals surface area contributed by atoms with Gasteiger partial charge in [0.15, 0.2) is 5.11 Å². The normalized spacial score (nSPS) is 10.4. The minimum absolute atomic E-state index is 0.000550. The van der Waals surface area contributed by atoms with E-state index < -0.39 is 5.91 Å². The number of carbonyl (C=O) groups excluding carboxylic acids is 2. The third-order valence-corrected chi connectivity index (χ3v) is 4.31. The predicted octanol–water partition coefficient (Wildman–Crippen LogP) is 2.77. The summed E-state index contributed by atoms with van der Waals surface area (Å²) >= 11 is 5.08. The largest absolute Gasteiger partial charge is 0.494 e. The zero-order chi connectivity index (χ0) is 20.6. The molecule has 0 bridgehead atoms. The molecule has 0 fully saturated rings. The van der Waals surface area contributed by atoms with Crippen molar-refractivity contribution in [3.8, 4) is 5.75 Å². The van der Waals surface area contributed by atoms with E-state index >= 15 is 0 Å². The van der Waals surface area contributed by atoms with Crippen LogP contribution in [0.4, 0.5) is 0 Å². The lowest BCUT2D eigenvalue weighted by atomic mass is 10.2. The molecule has 0 saturated heterocycles. The molecule has 3 N–H and O–H groups in total. The molecule has 8 heteroatoms. The Hall–Kier alpha value is -3.39. The number of hydrogen-bond acceptors (Lipinski definition) is 4. The Morgan fingerprint density at radius 1 is 1.07 bits per heavy atom. The van der Waals surface area contributed by atoms with Gasteiger partial charge in [-0.05, 0) is 54.4 Å². The molecule has 0 atom stereocenters. The van der Waals surface area contributed by atoms with Gasteiger partial charge in [-0.3, -0.25) is 25.8 Å². The molecule has 0 unspecified atom stereocenters. The molecular weight excluding hydrogens is 388 g/mol. The fourth-order valence-corrected chi connectivity index (χ4v) is 2.90. The number of fused-ring (bicyclic) bond motifs is 1. The van der Waals surface area contributed by atoms with Crippen molar-refractivity contribution in [2.24, 2.45) is 0 Å². The Morgan fingerprint density at radius 3 is 2.72 bits per heavy atom. The number of nitrogens with zero attached hydrogens (tertiary/aromatic N) is 1. The van der Waals surface area contributed by atoms with Gasteiger partial charge >= 0.3 is 0 Å². The lowest BCUT2D eigenvalue weighted by Gasteiger charge is -2.12. The second-order valence-electron chi connectivity index (χ2n) is 6.34. The number of hydrogen-bond donors (Lipinski definition) is 3. The number of rotatable bonds is 6. The molecule has 0 aliphatic rings. The van der Waals surface area contributed by atoms with E-state index in [1.165, 1.54) is 0 Å². The van der Waals surface area contributed by atoms with Crippen LogP contribution in [-0.4, -0.2) is 28.1 Å². The second kappa shape index (κ2) is 9.70. The van der Waals surface area contributed by atoms with E-state index in [9.17, 15) is 9.59 Å². The highest BCUT2D eigenvalue weighted by Gasteiger charge is 2.10. The van der Waals surface area contributed by atoms with Crippen molar-refractivity contribution >= 4 is 40.0 Å². The summed E-state index contributed by atoms with van der Waals surface area (Å²) in [5, 5.41) is 3.58. The van der Waals surface area contributed by atoms with Gasteiger partial charge in [0, 0.05) is 17.3 Å². The standard InChI is InChI=1S/C21H22N4O3S/c1-2-12-28-17-8-5-7-16(13-17)20(27)22-21(29)24-23-19(26)14-25-11-10-15-6-3-4-9-18(15)25/h3-11,13H,2,12,14H2,1H3,(H,23,26)(H2,22,24,27,29). The van der Waals surface area contributed by atoms with Crippen molar-refractivity contribution in [1.82, 2.24) is 20.7 Å². The van der Waals surface area contributed by atoms with E-state index in [1.54, 1.807) is 24.3 Å². The molecule has 0 radical (unpaired) electrons. The molecule has 2 amide bonds.